The molecule has 364 valence electrons. The van der Waals surface area contributed by atoms with Crippen LogP contribution in [0.5, 0.6) is 0 Å². The standard InChI is InChI=1S/C69H42F3N5/c1-42-18-16-28-54(69(70,71)72)63(42)43-34-37-59(76-57-31-14-10-26-51(57)65-61(76)38-35-49-47-24-8-12-29-55(47)74(67(49)65)45-20-4-2-5-21-45)53(40-43)64-44(41-73)19-17-33-60(64)77-58-32-15-11-27-52(58)66-62(77)39-36-50-48-25-9-13-30-56(48)75(68(50)66)46-22-6-3-7-23-46/h2-40H,1H3. The van der Waals surface area contributed by atoms with E-state index in [9.17, 15) is 5.26 Å². The number of rotatable bonds is 6. The maximum absolute atomic E-state index is 15.3. The third-order valence-electron chi connectivity index (χ3n) is 15.7. The number of halogens is 3. The minimum atomic E-state index is -4.64. The van der Waals surface area contributed by atoms with Gasteiger partial charge in [0.25, 0.3) is 0 Å². The van der Waals surface area contributed by atoms with E-state index in [0.717, 1.165) is 105 Å². The van der Waals surface area contributed by atoms with E-state index in [0.29, 0.717) is 39.2 Å². The van der Waals surface area contributed by atoms with Gasteiger partial charge in [-0.3, -0.25) is 0 Å². The van der Waals surface area contributed by atoms with Crippen molar-refractivity contribution in [3.05, 3.63) is 253 Å². The molecule has 0 atom stereocenters. The van der Waals surface area contributed by atoms with Crippen LogP contribution in [0.2, 0.25) is 0 Å². The van der Waals surface area contributed by atoms with Crippen molar-refractivity contribution < 1.29 is 13.2 Å². The first-order valence-corrected chi connectivity index (χ1v) is 25.7. The van der Waals surface area contributed by atoms with Crippen molar-refractivity contribution in [1.82, 2.24) is 18.3 Å². The van der Waals surface area contributed by atoms with Crippen molar-refractivity contribution in [3.63, 3.8) is 0 Å². The third-order valence-corrected chi connectivity index (χ3v) is 15.7. The average Bonchev–Trinajstić information content (AvgIpc) is 4.41. The number of hydrogen-bond acceptors (Lipinski definition) is 1. The van der Waals surface area contributed by atoms with Gasteiger partial charge in [0.05, 0.1) is 72.7 Å². The van der Waals surface area contributed by atoms with Crippen LogP contribution in [0.4, 0.5) is 13.2 Å². The quantitative estimate of drug-likeness (QED) is 0.164. The minimum Gasteiger partial charge on any atom is -0.309 e. The second-order valence-corrected chi connectivity index (χ2v) is 19.8. The van der Waals surface area contributed by atoms with E-state index in [-0.39, 0.29) is 5.56 Å². The van der Waals surface area contributed by atoms with Gasteiger partial charge >= 0.3 is 6.18 Å². The molecule has 4 aromatic heterocycles. The molecular formula is C69H42F3N5. The van der Waals surface area contributed by atoms with Crippen molar-refractivity contribution >= 4 is 87.2 Å². The molecule has 8 heteroatoms. The lowest BCUT2D eigenvalue weighted by Crippen LogP contribution is -2.09. The molecule has 0 amide bonds. The fraction of sp³-hybridized carbons (Fsp3) is 0.0290. The van der Waals surface area contributed by atoms with Crippen LogP contribution in [-0.4, -0.2) is 18.3 Å². The van der Waals surface area contributed by atoms with Gasteiger partial charge < -0.3 is 18.3 Å². The van der Waals surface area contributed by atoms with Crippen LogP contribution < -0.4 is 0 Å². The monoisotopic (exact) mass is 997 g/mol. The number of hydrogen-bond donors (Lipinski definition) is 0. The SMILES string of the molecule is Cc1cccc(C(F)(F)F)c1-c1ccc(-n2c3ccccc3c3c2ccc2c4ccccc4n(-c4ccccc4)c23)c(-c2c(C#N)cccc2-n2c3ccccc3c3c2ccc2c4ccccc4n(-c4ccccc4)c23)c1. The van der Waals surface area contributed by atoms with E-state index in [2.05, 4.69) is 182 Å². The Morgan fingerprint density at radius 1 is 0.377 bits per heavy atom. The predicted molar refractivity (Wildman–Crippen MR) is 309 cm³/mol. The molecule has 77 heavy (non-hydrogen) atoms. The van der Waals surface area contributed by atoms with E-state index in [1.807, 2.05) is 60.7 Å². The summed E-state index contributed by atoms with van der Waals surface area (Å²) in [6.07, 6.45) is -4.64. The summed E-state index contributed by atoms with van der Waals surface area (Å²) in [5.41, 5.74) is 13.2. The molecule has 0 N–H and O–H groups in total. The van der Waals surface area contributed by atoms with Crippen LogP contribution in [0.15, 0.2) is 237 Å². The first-order chi connectivity index (χ1) is 37.8. The lowest BCUT2D eigenvalue weighted by molar-refractivity contribution is -0.137. The summed E-state index contributed by atoms with van der Waals surface area (Å²) in [5, 5.41) is 20.0. The van der Waals surface area contributed by atoms with Crippen LogP contribution >= 0.6 is 0 Å². The fourth-order valence-corrected chi connectivity index (χ4v) is 12.7. The van der Waals surface area contributed by atoms with Crippen LogP contribution in [-0.2, 0) is 6.18 Å². The Morgan fingerprint density at radius 3 is 1.36 bits per heavy atom. The van der Waals surface area contributed by atoms with Crippen molar-refractivity contribution in [1.29, 1.82) is 5.26 Å². The second kappa shape index (κ2) is 16.7. The average molecular weight is 998 g/mol. The van der Waals surface area contributed by atoms with Gasteiger partial charge in [0.1, 0.15) is 0 Å². The van der Waals surface area contributed by atoms with Gasteiger partial charge in [-0.1, -0.05) is 146 Å². The first kappa shape index (κ1) is 44.4. The summed E-state index contributed by atoms with van der Waals surface area (Å²) < 4.78 is 55.0. The van der Waals surface area contributed by atoms with E-state index < -0.39 is 11.7 Å². The topological polar surface area (TPSA) is 43.5 Å². The number of benzene rings is 11. The summed E-state index contributed by atoms with van der Waals surface area (Å²) in [4.78, 5) is 0. The van der Waals surface area contributed by atoms with Crippen LogP contribution in [0.1, 0.15) is 16.7 Å². The number of nitrogens with zero attached hydrogens (tertiary/aromatic N) is 5. The lowest BCUT2D eigenvalue weighted by Gasteiger charge is -2.22. The van der Waals surface area contributed by atoms with Gasteiger partial charge in [-0.25, -0.2) is 0 Å². The zero-order chi connectivity index (χ0) is 51.7. The molecule has 0 aliphatic rings. The number of fused-ring (bicyclic) bond motifs is 14. The van der Waals surface area contributed by atoms with Gasteiger partial charge in [-0.2, -0.15) is 18.4 Å². The maximum atomic E-state index is 15.3. The number of aryl methyl sites for hydroxylation is 1. The van der Waals surface area contributed by atoms with Crippen molar-refractivity contribution in [2.75, 3.05) is 0 Å². The van der Waals surface area contributed by atoms with Gasteiger partial charge in [0.15, 0.2) is 0 Å². The largest absolute Gasteiger partial charge is 0.417 e. The van der Waals surface area contributed by atoms with E-state index in [4.69, 9.17) is 0 Å². The number of nitriles is 1. The van der Waals surface area contributed by atoms with E-state index in [1.165, 1.54) is 6.07 Å². The fourth-order valence-electron chi connectivity index (χ4n) is 12.7. The molecule has 15 rings (SSSR count). The van der Waals surface area contributed by atoms with E-state index in [1.54, 1.807) is 13.0 Å². The van der Waals surface area contributed by atoms with Crippen LogP contribution in [0, 0.1) is 18.3 Å². The molecule has 0 radical (unpaired) electrons. The number of para-hydroxylation sites is 6. The highest BCUT2D eigenvalue weighted by Crippen LogP contribution is 2.49. The molecule has 0 saturated carbocycles. The Morgan fingerprint density at radius 2 is 0.844 bits per heavy atom. The Balaban J connectivity index is 1.10. The highest BCUT2D eigenvalue weighted by atomic mass is 19.4. The van der Waals surface area contributed by atoms with Gasteiger partial charge in [-0.05, 0) is 115 Å². The van der Waals surface area contributed by atoms with E-state index >= 15 is 13.2 Å². The normalized spacial score (nSPS) is 12.1. The van der Waals surface area contributed by atoms with Gasteiger partial charge in [-0.15, -0.1) is 0 Å². The summed E-state index contributed by atoms with van der Waals surface area (Å²) in [5.74, 6) is 0. The Kier molecular flexibility index (Phi) is 9.63. The van der Waals surface area contributed by atoms with Crippen LogP contribution in [0.25, 0.3) is 132 Å². The summed E-state index contributed by atoms with van der Waals surface area (Å²) in [6.45, 7) is 1.73. The highest BCUT2D eigenvalue weighted by Gasteiger charge is 2.35. The summed E-state index contributed by atoms with van der Waals surface area (Å²) in [7, 11) is 0. The third kappa shape index (κ3) is 6.41. The van der Waals surface area contributed by atoms with Crippen molar-refractivity contribution in [3.8, 4) is 51.1 Å². The molecule has 0 aliphatic carbocycles. The van der Waals surface area contributed by atoms with Gasteiger partial charge in [0.2, 0.25) is 0 Å². The molecule has 0 fully saturated rings. The summed E-state index contributed by atoms with van der Waals surface area (Å²) in [6, 6.07) is 81.5. The number of alkyl halides is 3. The lowest BCUT2D eigenvalue weighted by atomic mass is 9.89. The predicted octanol–water partition coefficient (Wildman–Crippen LogP) is 18.6. The zero-order valence-electron chi connectivity index (χ0n) is 41.4. The molecule has 15 aromatic rings. The molecule has 0 bridgehead atoms. The summed E-state index contributed by atoms with van der Waals surface area (Å²) >= 11 is 0. The number of aromatic nitrogens is 4. The smallest absolute Gasteiger partial charge is 0.309 e. The molecule has 5 nitrogen and oxygen atoms in total. The first-order valence-electron chi connectivity index (χ1n) is 25.7. The minimum absolute atomic E-state index is 0.0908. The zero-order valence-corrected chi connectivity index (χ0v) is 41.4. The van der Waals surface area contributed by atoms with Crippen LogP contribution in [0.3, 0.4) is 0 Å². The molecule has 0 unspecified atom stereocenters. The van der Waals surface area contributed by atoms with Crippen molar-refractivity contribution in [2.24, 2.45) is 0 Å². The molecule has 0 saturated heterocycles. The maximum Gasteiger partial charge on any atom is 0.417 e. The Hall–Kier alpha value is -10.1. The second-order valence-electron chi connectivity index (χ2n) is 19.8. The Bertz CT molecular complexity index is 4990. The molecular weight excluding hydrogens is 956 g/mol. The Labute approximate surface area is 439 Å². The van der Waals surface area contributed by atoms with Gasteiger partial charge in [0, 0.05) is 65.6 Å². The molecule has 4 heterocycles. The molecule has 0 spiro atoms. The van der Waals surface area contributed by atoms with Crippen molar-refractivity contribution in [2.45, 2.75) is 13.1 Å². The molecule has 0 aliphatic heterocycles. The molecule has 11 aromatic carbocycles. The highest BCUT2D eigenvalue weighted by molar-refractivity contribution is 6.28.